The Morgan fingerprint density at radius 2 is 1.60 bits per heavy atom. The zero-order valence-corrected chi connectivity index (χ0v) is 30.0. The van der Waals surface area contributed by atoms with Crippen molar-refractivity contribution < 1.29 is 41.9 Å². The first-order chi connectivity index (χ1) is 25.5. The Kier molecular flexibility index (Phi) is 11.7. The van der Waals surface area contributed by atoms with Crippen LogP contribution in [0.5, 0.6) is 0 Å². The molecule has 4 aromatic rings. The lowest BCUT2D eigenvalue weighted by atomic mass is 10.0. The van der Waals surface area contributed by atoms with E-state index >= 15 is 0 Å². The molecule has 15 nitrogen and oxygen atoms in total. The summed E-state index contributed by atoms with van der Waals surface area (Å²) in [7, 11) is -4.00. The van der Waals surface area contributed by atoms with Gasteiger partial charge in [-0.1, -0.05) is 35.9 Å². The van der Waals surface area contributed by atoms with E-state index in [2.05, 4.69) is 25.7 Å². The van der Waals surface area contributed by atoms with Crippen molar-refractivity contribution in [2.75, 3.05) is 49.6 Å². The predicted octanol–water partition coefficient (Wildman–Crippen LogP) is 3.68. The molecule has 1 atom stereocenters. The number of sulfonamides is 1. The molecule has 278 valence electrons. The van der Waals surface area contributed by atoms with Gasteiger partial charge in [-0.25, -0.2) is 8.42 Å². The van der Waals surface area contributed by atoms with Gasteiger partial charge in [0, 0.05) is 55.6 Å². The molecule has 3 aromatic carbocycles. The molecule has 17 heteroatoms. The van der Waals surface area contributed by atoms with Crippen molar-refractivity contribution in [2.24, 2.45) is 0 Å². The number of carbonyl (C=O) groups excluding carboxylic acids is 5. The highest BCUT2D eigenvalue weighted by molar-refractivity contribution is 7.92. The van der Waals surface area contributed by atoms with Gasteiger partial charge in [0.05, 0.1) is 45.5 Å². The molecule has 2 aliphatic heterocycles. The molecule has 3 heterocycles. The summed E-state index contributed by atoms with van der Waals surface area (Å²) in [4.78, 5) is 66.6. The molecule has 1 unspecified atom stereocenters. The number of nitrogens with one attached hydrogen (secondary N) is 5. The maximum Gasteiger partial charge on any atom is 0.264 e. The lowest BCUT2D eigenvalue weighted by molar-refractivity contribution is -0.136. The number of nitrogens with zero attached hydrogens (tertiary/aromatic N) is 1. The van der Waals surface area contributed by atoms with E-state index in [4.69, 9.17) is 21.1 Å². The van der Waals surface area contributed by atoms with Crippen LogP contribution in [0, 0.1) is 0 Å². The summed E-state index contributed by atoms with van der Waals surface area (Å²) < 4.78 is 40.0. The van der Waals surface area contributed by atoms with Crippen LogP contribution in [0.4, 0.5) is 11.4 Å². The molecule has 0 aliphatic carbocycles. The van der Waals surface area contributed by atoms with Gasteiger partial charge in [0.2, 0.25) is 11.8 Å². The van der Waals surface area contributed by atoms with Crippen LogP contribution in [0.25, 0.3) is 10.9 Å². The molecule has 53 heavy (non-hydrogen) atoms. The summed E-state index contributed by atoms with van der Waals surface area (Å²) >= 11 is 6.16. The van der Waals surface area contributed by atoms with Crippen LogP contribution in [0.3, 0.4) is 0 Å². The summed E-state index contributed by atoms with van der Waals surface area (Å²) in [5.41, 5.74) is 1.97. The largest absolute Gasteiger partial charge is 0.384 e. The SMILES string of the molecule is O=C1CCC(N2C(=O)c3cccc(NCCCOCCOCCCNC(=O)c4cccc(S(=O)(=O)Nc5cccc6c(Cl)c[nH]c56)c4)c3C2=O)C(=O)N1. The normalized spacial score (nSPS) is 15.8. The maximum absolute atomic E-state index is 13.2. The molecule has 5 amide bonds. The first-order valence-corrected chi connectivity index (χ1v) is 18.8. The number of aromatic nitrogens is 1. The molecule has 0 bridgehead atoms. The number of ether oxygens (including phenoxy) is 2. The first-order valence-electron chi connectivity index (χ1n) is 17.0. The van der Waals surface area contributed by atoms with Crippen molar-refractivity contribution in [3.05, 3.63) is 88.6 Å². The molecule has 0 spiro atoms. The predicted molar refractivity (Wildman–Crippen MR) is 195 cm³/mol. The van der Waals surface area contributed by atoms with Crippen LogP contribution in [-0.4, -0.2) is 93.4 Å². The number of fused-ring (bicyclic) bond motifs is 2. The van der Waals surface area contributed by atoms with Gasteiger partial charge in [-0.3, -0.25) is 38.9 Å². The second kappa shape index (κ2) is 16.6. The van der Waals surface area contributed by atoms with Gasteiger partial charge in [0.1, 0.15) is 6.04 Å². The third kappa shape index (κ3) is 8.52. The number of amides is 5. The van der Waals surface area contributed by atoms with Crippen LogP contribution < -0.4 is 20.7 Å². The number of imide groups is 2. The molecule has 1 saturated heterocycles. The highest BCUT2D eigenvalue weighted by Crippen LogP contribution is 2.33. The molecule has 1 aromatic heterocycles. The first kappa shape index (κ1) is 37.5. The number of para-hydroxylation sites is 1. The van der Waals surface area contributed by atoms with Gasteiger partial charge in [0.15, 0.2) is 0 Å². The lowest BCUT2D eigenvalue weighted by Crippen LogP contribution is -2.54. The van der Waals surface area contributed by atoms with E-state index in [1.165, 1.54) is 24.3 Å². The fourth-order valence-corrected chi connectivity index (χ4v) is 7.40. The monoisotopic (exact) mass is 764 g/mol. The molecule has 2 aliphatic rings. The van der Waals surface area contributed by atoms with Crippen molar-refractivity contribution >= 4 is 73.4 Å². The van der Waals surface area contributed by atoms with Crippen molar-refractivity contribution in [1.29, 1.82) is 0 Å². The van der Waals surface area contributed by atoms with Gasteiger partial charge >= 0.3 is 0 Å². The molecule has 5 N–H and O–H groups in total. The Morgan fingerprint density at radius 3 is 2.38 bits per heavy atom. The van der Waals surface area contributed by atoms with E-state index in [-0.39, 0.29) is 34.4 Å². The van der Waals surface area contributed by atoms with Gasteiger partial charge in [-0.15, -0.1) is 0 Å². The molecule has 0 radical (unpaired) electrons. The van der Waals surface area contributed by atoms with Crippen molar-refractivity contribution in [3.63, 3.8) is 0 Å². The Balaban J connectivity index is 0.852. The van der Waals surface area contributed by atoms with E-state index in [1.54, 1.807) is 42.6 Å². The molecule has 6 rings (SSSR count). The smallest absolute Gasteiger partial charge is 0.264 e. The fourth-order valence-electron chi connectivity index (χ4n) is 6.07. The highest BCUT2D eigenvalue weighted by Gasteiger charge is 2.45. The Labute approximate surface area is 309 Å². The maximum atomic E-state index is 13.2. The molecule has 0 saturated carbocycles. The number of benzene rings is 3. The Morgan fingerprint density at radius 1 is 0.887 bits per heavy atom. The zero-order valence-electron chi connectivity index (χ0n) is 28.4. The summed E-state index contributed by atoms with van der Waals surface area (Å²) in [5, 5.41) is 9.28. The van der Waals surface area contributed by atoms with Crippen molar-refractivity contribution in [1.82, 2.24) is 20.5 Å². The number of aromatic amines is 1. The number of anilines is 2. The summed E-state index contributed by atoms with van der Waals surface area (Å²) in [6, 6.07) is 14.7. The summed E-state index contributed by atoms with van der Waals surface area (Å²) in [5.74, 6) is -2.63. The molecular formula is C36H37ClN6O9S. The average Bonchev–Trinajstić information content (AvgIpc) is 3.65. The third-order valence-corrected chi connectivity index (χ3v) is 10.4. The van der Waals surface area contributed by atoms with Crippen LogP contribution in [-0.2, 0) is 29.1 Å². The van der Waals surface area contributed by atoms with Crippen LogP contribution in [0.15, 0.2) is 71.8 Å². The number of H-pyrrole nitrogens is 1. The molecule has 1 fully saturated rings. The van der Waals surface area contributed by atoms with Crippen LogP contribution in [0.1, 0.15) is 56.8 Å². The minimum absolute atomic E-state index is 0.0512. The van der Waals surface area contributed by atoms with E-state index in [1.807, 2.05) is 0 Å². The van der Waals surface area contributed by atoms with Gasteiger partial charge in [-0.05, 0) is 55.7 Å². The summed E-state index contributed by atoms with van der Waals surface area (Å²) in [6.07, 6.45) is 2.85. The topological polar surface area (TPSA) is 205 Å². The quantitative estimate of drug-likeness (QED) is 0.0779. The van der Waals surface area contributed by atoms with Gasteiger partial charge in [0.25, 0.3) is 27.7 Å². The Hall–Kier alpha value is -5.29. The Bertz CT molecular complexity index is 2170. The standard InChI is InChI=1S/C36H37ClN6O9S/c37-26-21-40-32-24(26)8-2-11-28(32)42-53(49,50)23-7-1-6-22(20-23)33(45)39-15-5-17-52-19-18-51-16-4-14-38-27-10-3-9-25-31(27)36(48)43(35(25)47)29-12-13-30(44)41-34(29)46/h1-3,6-11,20-21,29,38,40,42H,4-5,12-19H2,(H,39,45)(H,41,44,46). The second-order valence-corrected chi connectivity index (χ2v) is 14.4. The number of carbonyl (C=O) groups is 5. The molecular weight excluding hydrogens is 728 g/mol. The van der Waals surface area contributed by atoms with E-state index in [0.29, 0.717) is 79.7 Å². The van der Waals surface area contributed by atoms with Crippen LogP contribution in [0.2, 0.25) is 5.02 Å². The number of halogens is 1. The average molecular weight is 765 g/mol. The van der Waals surface area contributed by atoms with Gasteiger partial charge < -0.3 is 25.1 Å². The minimum atomic E-state index is -4.00. The van der Waals surface area contributed by atoms with E-state index < -0.39 is 45.6 Å². The fraction of sp³-hybridized carbons (Fsp3) is 0.306. The number of hydrogen-bond acceptors (Lipinski definition) is 10. The minimum Gasteiger partial charge on any atom is -0.384 e. The summed E-state index contributed by atoms with van der Waals surface area (Å²) in [6.45, 7) is 2.26. The van der Waals surface area contributed by atoms with Crippen molar-refractivity contribution in [2.45, 2.75) is 36.6 Å². The third-order valence-electron chi connectivity index (χ3n) is 8.69. The van der Waals surface area contributed by atoms with Gasteiger partial charge in [-0.2, -0.15) is 0 Å². The van der Waals surface area contributed by atoms with E-state index in [0.717, 1.165) is 4.90 Å². The number of rotatable bonds is 17. The van der Waals surface area contributed by atoms with E-state index in [9.17, 15) is 32.4 Å². The second-order valence-electron chi connectivity index (χ2n) is 12.3. The number of piperidine rings is 1. The highest BCUT2D eigenvalue weighted by atomic mass is 35.5. The van der Waals surface area contributed by atoms with Crippen molar-refractivity contribution in [3.8, 4) is 0 Å². The van der Waals surface area contributed by atoms with Crippen LogP contribution >= 0.6 is 11.6 Å². The zero-order chi connectivity index (χ0) is 37.5. The number of hydrogen-bond donors (Lipinski definition) is 5. The lowest BCUT2D eigenvalue weighted by Gasteiger charge is -2.27.